The highest BCUT2D eigenvalue weighted by Gasteiger charge is 2.56. The number of oxime groups is 1. The number of amides is 1. The summed E-state index contributed by atoms with van der Waals surface area (Å²) in [5.41, 5.74) is 7.51. The summed E-state index contributed by atoms with van der Waals surface area (Å²) in [5, 5.41) is 28.0. The number of rotatable bonds is 11. The van der Waals surface area contributed by atoms with E-state index in [2.05, 4.69) is 15.5 Å². The van der Waals surface area contributed by atoms with Crippen LogP contribution in [0.15, 0.2) is 58.1 Å². The zero-order valence-electron chi connectivity index (χ0n) is 25.4. The SMILES string of the molecule is CO/N=C(\C(=O)N[C@@H]1C(=O)C2C(C(=O)OCc3ccc(OC)cc3)=C(/C=C/C[N+]3(C)C[C@H](O)[C@@H](O)C3)CS[C@@H]21)c1csc(N)n1.[I-]. The quantitative estimate of drug-likeness (QED) is 0.0631. The first-order valence-electron chi connectivity index (χ1n) is 14.2. The molecule has 16 heteroatoms. The molecule has 5 atom stereocenters. The lowest BCUT2D eigenvalue weighted by Crippen LogP contribution is -3.00. The summed E-state index contributed by atoms with van der Waals surface area (Å²) in [6, 6.07) is 6.25. The van der Waals surface area contributed by atoms with E-state index in [0.717, 1.165) is 16.9 Å². The van der Waals surface area contributed by atoms with Gasteiger partial charge in [-0.2, -0.15) is 11.8 Å². The van der Waals surface area contributed by atoms with Crippen LogP contribution in [0.2, 0.25) is 0 Å². The Kier molecular flexibility index (Phi) is 11.9. The van der Waals surface area contributed by atoms with Gasteiger partial charge in [0.25, 0.3) is 5.91 Å². The third-order valence-corrected chi connectivity index (χ3v) is 10.2. The van der Waals surface area contributed by atoms with E-state index in [1.807, 2.05) is 19.2 Å². The molecule has 2 aromatic rings. The number of fused-ring (bicyclic) bond motifs is 1. The van der Waals surface area contributed by atoms with Crippen LogP contribution in [0.4, 0.5) is 5.13 Å². The van der Waals surface area contributed by atoms with Crippen molar-refractivity contribution in [3.63, 3.8) is 0 Å². The summed E-state index contributed by atoms with van der Waals surface area (Å²) in [7, 11) is 4.80. The number of hydrogen-bond donors (Lipinski definition) is 4. The van der Waals surface area contributed by atoms with Crippen LogP contribution in [0, 0.1) is 5.92 Å². The summed E-state index contributed by atoms with van der Waals surface area (Å²) in [5.74, 6) is -1.28. The standard InChI is InChI=1S/C30H35N5O8S2.HI/c1-35(11-20(36)21(37)12-35)10-4-5-17-14-44-27-23(22(17)29(40)43-13-16-6-8-18(41-2)9-7-16)26(38)25(27)33-28(39)24(34-42-3)19-15-45-30(31)32-19;/h4-9,15,20-21,23,25,27,36-37H,10-14H2,1-3H3,(H2-,31,32,33,39);1H/b5-4+,34-24-;/t20-,21-,23?,25+,27-;/m0./s1. The second-order valence-corrected chi connectivity index (χ2v) is 13.4. The van der Waals surface area contributed by atoms with Crippen molar-refractivity contribution in [2.24, 2.45) is 11.1 Å². The summed E-state index contributed by atoms with van der Waals surface area (Å²) in [6.07, 6.45) is 2.13. The molecule has 2 aliphatic heterocycles. The number of aliphatic hydroxyl groups is 2. The lowest BCUT2D eigenvalue weighted by Gasteiger charge is -2.46. The second kappa shape index (κ2) is 15.2. The predicted molar refractivity (Wildman–Crippen MR) is 169 cm³/mol. The lowest BCUT2D eigenvalue weighted by molar-refractivity contribution is -0.894. The lowest BCUT2D eigenvalue weighted by atomic mass is 9.71. The number of methoxy groups -OCH3 is 1. The molecule has 13 nitrogen and oxygen atoms in total. The molecule has 3 heterocycles. The van der Waals surface area contributed by atoms with Crippen molar-refractivity contribution in [2.75, 3.05) is 52.4 Å². The van der Waals surface area contributed by atoms with Gasteiger partial charge in [-0.3, -0.25) is 9.59 Å². The highest BCUT2D eigenvalue weighted by Crippen LogP contribution is 2.46. The predicted octanol–water partition coefficient (Wildman–Crippen LogP) is -2.33. The first-order valence-corrected chi connectivity index (χ1v) is 16.1. The average molecular weight is 786 g/mol. The number of carbonyl (C=O) groups is 3. The van der Waals surface area contributed by atoms with Gasteiger partial charge in [0, 0.05) is 16.4 Å². The number of anilines is 1. The van der Waals surface area contributed by atoms with Gasteiger partial charge in [-0.25, -0.2) is 9.78 Å². The van der Waals surface area contributed by atoms with Crippen molar-refractivity contribution in [1.82, 2.24) is 10.3 Å². The van der Waals surface area contributed by atoms with Gasteiger partial charge in [0.15, 0.2) is 16.6 Å². The van der Waals surface area contributed by atoms with Crippen LogP contribution in [0.3, 0.4) is 0 Å². The van der Waals surface area contributed by atoms with E-state index < -0.39 is 41.3 Å². The minimum Gasteiger partial charge on any atom is -1.00 e. The zero-order valence-corrected chi connectivity index (χ0v) is 29.2. The monoisotopic (exact) mass is 785 g/mol. The number of thiazole rings is 1. The average Bonchev–Trinajstić information content (AvgIpc) is 3.57. The van der Waals surface area contributed by atoms with Crippen LogP contribution < -0.4 is 39.8 Å². The number of hydrogen-bond acceptors (Lipinski definition) is 13. The molecule has 248 valence electrons. The van der Waals surface area contributed by atoms with Crippen LogP contribution in [-0.4, -0.2) is 113 Å². The Balaban J connectivity index is 0.00000480. The summed E-state index contributed by atoms with van der Waals surface area (Å²) >= 11 is 2.61. The Morgan fingerprint density at radius 1 is 1.20 bits per heavy atom. The number of allylic oxidation sites excluding steroid dienone is 1. The number of likely N-dealkylation sites (tertiary alicyclic amines) is 1. The molecule has 1 amide bonds. The summed E-state index contributed by atoms with van der Waals surface area (Å²) < 4.78 is 11.3. The van der Waals surface area contributed by atoms with Crippen LogP contribution in [0.1, 0.15) is 11.3 Å². The molecule has 3 aliphatic rings. The number of nitrogens with zero attached hydrogens (tertiary/aromatic N) is 3. The Bertz CT molecular complexity index is 1540. The molecule has 46 heavy (non-hydrogen) atoms. The number of halogens is 1. The van der Waals surface area contributed by atoms with Gasteiger partial charge >= 0.3 is 5.97 Å². The minimum atomic E-state index is -0.863. The summed E-state index contributed by atoms with van der Waals surface area (Å²) in [4.78, 5) is 49.3. The first kappa shape index (κ1) is 35.8. The number of ketones is 1. The van der Waals surface area contributed by atoms with Gasteiger partial charge in [0.1, 0.15) is 56.5 Å². The van der Waals surface area contributed by atoms with Crippen LogP contribution in [0.25, 0.3) is 0 Å². The first-order chi connectivity index (χ1) is 21.5. The maximum Gasteiger partial charge on any atom is 0.335 e. The van der Waals surface area contributed by atoms with Gasteiger partial charge < -0.3 is 64.0 Å². The molecule has 1 unspecified atom stereocenters. The Morgan fingerprint density at radius 3 is 2.50 bits per heavy atom. The fourth-order valence-corrected chi connectivity index (χ4v) is 7.80. The van der Waals surface area contributed by atoms with Gasteiger partial charge in [-0.05, 0) is 29.3 Å². The van der Waals surface area contributed by atoms with Crippen molar-refractivity contribution in [1.29, 1.82) is 0 Å². The Hall–Kier alpha value is -3.03. The molecule has 1 aromatic carbocycles. The van der Waals surface area contributed by atoms with Crippen molar-refractivity contribution in [3.05, 3.63) is 64.2 Å². The van der Waals surface area contributed by atoms with Gasteiger partial charge in [-0.15, -0.1) is 11.3 Å². The van der Waals surface area contributed by atoms with E-state index in [4.69, 9.17) is 20.0 Å². The van der Waals surface area contributed by atoms with E-state index in [0.29, 0.717) is 41.2 Å². The van der Waals surface area contributed by atoms with E-state index in [-0.39, 0.29) is 58.5 Å². The number of quaternary nitrogens is 1. The fraction of sp³-hybridized carbons (Fsp3) is 0.433. The number of carbonyl (C=O) groups excluding carboxylic acids is 3. The molecular weight excluding hydrogens is 749 g/mol. The largest absolute Gasteiger partial charge is 1.00 e. The molecule has 1 aliphatic carbocycles. The van der Waals surface area contributed by atoms with Crippen molar-refractivity contribution >= 4 is 51.6 Å². The number of nitrogens with two attached hydrogens (primary N) is 1. The third kappa shape index (κ3) is 7.74. The second-order valence-electron chi connectivity index (χ2n) is 11.4. The molecule has 1 saturated heterocycles. The molecule has 5 rings (SSSR count). The number of nitrogens with one attached hydrogen (secondary N) is 1. The molecule has 1 saturated carbocycles. The number of nitrogen functional groups attached to an aromatic ring is 1. The smallest absolute Gasteiger partial charge is 0.335 e. The Labute approximate surface area is 291 Å². The summed E-state index contributed by atoms with van der Waals surface area (Å²) in [6.45, 7) is 1.32. The zero-order chi connectivity index (χ0) is 32.3. The normalized spacial score (nSPS) is 25.4. The van der Waals surface area contributed by atoms with Crippen molar-refractivity contribution in [2.45, 2.75) is 30.1 Å². The number of esters is 1. The molecule has 0 radical (unpaired) electrons. The van der Waals surface area contributed by atoms with Crippen LogP contribution in [-0.2, 0) is 30.6 Å². The number of Topliss-reactive ketones (excluding diaryl/α,β-unsaturated/α-hetero) is 1. The molecule has 1 aromatic heterocycles. The van der Waals surface area contributed by atoms with Crippen LogP contribution in [0.5, 0.6) is 5.75 Å². The van der Waals surface area contributed by atoms with Gasteiger partial charge in [0.2, 0.25) is 0 Å². The van der Waals surface area contributed by atoms with E-state index >= 15 is 0 Å². The van der Waals surface area contributed by atoms with Gasteiger partial charge in [-0.1, -0.05) is 23.4 Å². The number of aliphatic hydroxyl groups excluding tert-OH is 2. The molecule has 0 spiro atoms. The number of benzene rings is 1. The van der Waals surface area contributed by atoms with Crippen molar-refractivity contribution < 1.29 is 67.4 Å². The van der Waals surface area contributed by atoms with Crippen molar-refractivity contribution in [3.8, 4) is 5.75 Å². The molecule has 2 fully saturated rings. The Morgan fingerprint density at radius 2 is 1.89 bits per heavy atom. The maximum atomic E-state index is 13.6. The molecular formula is C30H36IN5O8S2. The number of likely N-dealkylation sites (N-methyl/N-ethyl adjacent to an activating group) is 1. The maximum absolute atomic E-state index is 13.6. The van der Waals surface area contributed by atoms with E-state index in [9.17, 15) is 24.6 Å². The number of ether oxygens (including phenoxy) is 2. The highest BCUT2D eigenvalue weighted by molar-refractivity contribution is 8.00. The number of thioether (sulfide) groups is 1. The highest BCUT2D eigenvalue weighted by atomic mass is 127. The third-order valence-electron chi connectivity index (χ3n) is 8.12. The van der Waals surface area contributed by atoms with Gasteiger partial charge in [0.05, 0.1) is 32.2 Å². The molecule has 0 bridgehead atoms. The topological polar surface area (TPSA) is 183 Å². The van der Waals surface area contributed by atoms with Crippen LogP contribution >= 0.6 is 23.1 Å². The number of aromatic nitrogens is 1. The molecule has 5 N–H and O–H groups in total. The van der Waals surface area contributed by atoms with E-state index in [1.165, 1.54) is 18.9 Å². The minimum absolute atomic E-state index is 0. The fourth-order valence-electron chi connectivity index (χ4n) is 5.77. The van der Waals surface area contributed by atoms with E-state index in [1.54, 1.807) is 36.8 Å².